The van der Waals surface area contributed by atoms with E-state index < -0.39 is 33.8 Å². The zero-order valence-corrected chi connectivity index (χ0v) is 17.4. The molecule has 3 aromatic rings. The van der Waals surface area contributed by atoms with Crippen LogP contribution in [0.3, 0.4) is 0 Å². The fraction of sp³-hybridized carbons (Fsp3) is 0.174. The summed E-state index contributed by atoms with van der Waals surface area (Å²) in [6.45, 7) is -0.0594. The van der Waals surface area contributed by atoms with Gasteiger partial charge in [-0.05, 0) is 46.5 Å². The molecule has 0 unspecified atom stereocenters. The number of carboxylic acids is 1. The summed E-state index contributed by atoms with van der Waals surface area (Å²) in [4.78, 5) is 11.7. The van der Waals surface area contributed by atoms with Gasteiger partial charge in [0, 0.05) is 13.0 Å². The minimum atomic E-state index is -4.44. The predicted molar refractivity (Wildman–Crippen MR) is 111 cm³/mol. The molecule has 32 heavy (non-hydrogen) atoms. The van der Waals surface area contributed by atoms with Crippen LogP contribution in [0.5, 0.6) is 0 Å². The van der Waals surface area contributed by atoms with Crippen molar-refractivity contribution in [2.24, 2.45) is 0 Å². The largest absolute Gasteiger partial charge is 0.480 e. The minimum Gasteiger partial charge on any atom is -0.480 e. The molecule has 0 amide bonds. The predicted octanol–water partition coefficient (Wildman–Crippen LogP) is 4.57. The minimum absolute atomic E-state index is 0.0594. The van der Waals surface area contributed by atoms with Gasteiger partial charge in [0.25, 0.3) is 0 Å². The van der Waals surface area contributed by atoms with Crippen LogP contribution < -0.4 is 0 Å². The van der Waals surface area contributed by atoms with Gasteiger partial charge in [0.05, 0.1) is 10.5 Å². The lowest BCUT2D eigenvalue weighted by Gasteiger charge is -2.33. The second-order valence-corrected chi connectivity index (χ2v) is 9.37. The monoisotopic (exact) mass is 461 g/mol. The standard InChI is InChI=1S/C23H18F3NO4S/c24-23(25,26)19-9-5-15(6-10-19)16-7-11-20(12-8-16)32(30,31)27-14-18-4-2-1-3-17(18)13-21(27)22(28)29/h1-12,21H,13-14H2,(H,28,29)/t21-/m1/s1. The lowest BCUT2D eigenvalue weighted by molar-refractivity contribution is -0.142. The summed E-state index contributed by atoms with van der Waals surface area (Å²) >= 11 is 0. The first-order valence-corrected chi connectivity index (χ1v) is 11.1. The van der Waals surface area contributed by atoms with Gasteiger partial charge in [0.2, 0.25) is 10.0 Å². The van der Waals surface area contributed by atoms with Crippen LogP contribution in [0.15, 0.2) is 77.7 Å². The van der Waals surface area contributed by atoms with Gasteiger partial charge >= 0.3 is 12.1 Å². The van der Waals surface area contributed by atoms with Crippen LogP contribution in [0.4, 0.5) is 13.2 Å². The van der Waals surface area contributed by atoms with Crippen LogP contribution in [0.2, 0.25) is 0 Å². The highest BCUT2D eigenvalue weighted by molar-refractivity contribution is 7.89. The first-order chi connectivity index (χ1) is 15.1. The van der Waals surface area contributed by atoms with E-state index in [0.29, 0.717) is 11.1 Å². The van der Waals surface area contributed by atoms with Crippen molar-refractivity contribution in [1.29, 1.82) is 0 Å². The van der Waals surface area contributed by atoms with Gasteiger partial charge in [0.1, 0.15) is 6.04 Å². The smallest absolute Gasteiger partial charge is 0.416 e. The number of carbonyl (C=O) groups is 1. The Kier molecular flexibility index (Phi) is 5.56. The lowest BCUT2D eigenvalue weighted by atomic mass is 9.96. The molecular weight excluding hydrogens is 443 g/mol. The van der Waals surface area contributed by atoms with E-state index in [1.807, 2.05) is 0 Å². The summed E-state index contributed by atoms with van der Waals surface area (Å²) < 4.78 is 65.7. The van der Waals surface area contributed by atoms with Crippen LogP contribution in [0.25, 0.3) is 11.1 Å². The van der Waals surface area contributed by atoms with Gasteiger partial charge < -0.3 is 5.11 Å². The highest BCUT2D eigenvalue weighted by Crippen LogP contribution is 2.32. The average molecular weight is 461 g/mol. The molecule has 166 valence electrons. The van der Waals surface area contributed by atoms with Gasteiger partial charge in [-0.1, -0.05) is 48.5 Å². The van der Waals surface area contributed by atoms with E-state index in [0.717, 1.165) is 27.6 Å². The second-order valence-electron chi connectivity index (χ2n) is 7.48. The second kappa shape index (κ2) is 8.07. The molecule has 0 aliphatic carbocycles. The molecule has 1 aliphatic rings. The van der Waals surface area contributed by atoms with E-state index in [9.17, 15) is 31.5 Å². The van der Waals surface area contributed by atoms with Crippen LogP contribution >= 0.6 is 0 Å². The number of fused-ring (bicyclic) bond motifs is 1. The molecular formula is C23H18F3NO4S. The molecule has 0 bridgehead atoms. The van der Waals surface area contributed by atoms with E-state index in [1.54, 1.807) is 24.3 Å². The Labute approximate surface area is 182 Å². The van der Waals surface area contributed by atoms with Crippen molar-refractivity contribution in [3.63, 3.8) is 0 Å². The number of alkyl halides is 3. The molecule has 0 aromatic heterocycles. The SMILES string of the molecule is O=C(O)[C@H]1Cc2ccccc2CN1S(=O)(=O)c1ccc(-c2ccc(C(F)(F)F)cc2)cc1. The Hall–Kier alpha value is -3.17. The molecule has 4 rings (SSSR count). The normalized spacial score (nSPS) is 17.0. The van der Waals surface area contributed by atoms with E-state index in [1.165, 1.54) is 36.4 Å². The van der Waals surface area contributed by atoms with Crippen LogP contribution in [0, 0.1) is 0 Å². The van der Waals surface area contributed by atoms with Gasteiger partial charge in [-0.15, -0.1) is 0 Å². The third kappa shape index (κ3) is 4.13. The summed E-state index contributed by atoms with van der Waals surface area (Å²) in [7, 11) is -4.12. The zero-order valence-electron chi connectivity index (χ0n) is 16.6. The number of sulfonamides is 1. The van der Waals surface area contributed by atoms with Crippen molar-refractivity contribution in [2.45, 2.75) is 30.1 Å². The maximum atomic E-state index is 13.3. The third-order valence-electron chi connectivity index (χ3n) is 5.50. The summed E-state index contributed by atoms with van der Waals surface area (Å²) in [6, 6.07) is 16.1. The highest BCUT2D eigenvalue weighted by atomic mass is 32.2. The van der Waals surface area contributed by atoms with E-state index in [4.69, 9.17) is 0 Å². The lowest BCUT2D eigenvalue weighted by Crippen LogP contribution is -2.48. The average Bonchev–Trinajstić information content (AvgIpc) is 2.77. The maximum absolute atomic E-state index is 13.3. The fourth-order valence-electron chi connectivity index (χ4n) is 3.77. The molecule has 0 saturated carbocycles. The summed E-state index contributed by atoms with van der Waals surface area (Å²) in [6.07, 6.45) is -4.38. The van der Waals surface area contributed by atoms with Gasteiger partial charge in [-0.3, -0.25) is 4.79 Å². The van der Waals surface area contributed by atoms with Gasteiger partial charge in [-0.25, -0.2) is 8.42 Å². The number of halogens is 3. The zero-order chi connectivity index (χ0) is 23.1. The number of hydrogen-bond donors (Lipinski definition) is 1. The Morgan fingerprint density at radius 3 is 1.94 bits per heavy atom. The third-order valence-corrected chi connectivity index (χ3v) is 7.37. The molecule has 1 atom stereocenters. The van der Waals surface area contributed by atoms with Crippen molar-refractivity contribution < 1.29 is 31.5 Å². The first kappa shape index (κ1) is 22.0. The molecule has 3 aromatic carbocycles. The van der Waals surface area contributed by atoms with Crippen molar-refractivity contribution in [1.82, 2.24) is 4.31 Å². The van der Waals surface area contributed by atoms with Crippen molar-refractivity contribution >= 4 is 16.0 Å². The Morgan fingerprint density at radius 1 is 0.875 bits per heavy atom. The van der Waals surface area contributed by atoms with E-state index in [-0.39, 0.29) is 17.9 Å². The molecule has 5 nitrogen and oxygen atoms in total. The van der Waals surface area contributed by atoms with Crippen molar-refractivity contribution in [3.05, 3.63) is 89.5 Å². The number of aliphatic carboxylic acids is 1. The Balaban J connectivity index is 1.64. The molecule has 0 fully saturated rings. The first-order valence-electron chi connectivity index (χ1n) is 9.66. The Morgan fingerprint density at radius 2 is 1.41 bits per heavy atom. The molecule has 0 radical (unpaired) electrons. The summed E-state index contributed by atoms with van der Waals surface area (Å²) in [5.41, 5.74) is 1.80. The molecule has 1 aliphatic heterocycles. The number of nitrogens with zero attached hydrogens (tertiary/aromatic N) is 1. The summed E-state index contributed by atoms with van der Waals surface area (Å²) in [5, 5.41) is 9.63. The number of hydrogen-bond acceptors (Lipinski definition) is 3. The molecule has 0 spiro atoms. The van der Waals surface area contributed by atoms with Gasteiger partial charge in [0.15, 0.2) is 0 Å². The van der Waals surface area contributed by atoms with Crippen LogP contribution in [-0.2, 0) is 34.0 Å². The quantitative estimate of drug-likeness (QED) is 0.618. The van der Waals surface area contributed by atoms with Crippen LogP contribution in [0.1, 0.15) is 16.7 Å². The van der Waals surface area contributed by atoms with Crippen molar-refractivity contribution in [3.8, 4) is 11.1 Å². The topological polar surface area (TPSA) is 74.7 Å². The van der Waals surface area contributed by atoms with Crippen LogP contribution in [-0.4, -0.2) is 29.8 Å². The fourth-order valence-corrected chi connectivity index (χ4v) is 5.33. The molecule has 1 heterocycles. The van der Waals surface area contributed by atoms with E-state index >= 15 is 0 Å². The number of benzene rings is 3. The molecule has 1 N–H and O–H groups in total. The van der Waals surface area contributed by atoms with Gasteiger partial charge in [-0.2, -0.15) is 17.5 Å². The number of rotatable bonds is 4. The van der Waals surface area contributed by atoms with E-state index in [2.05, 4.69) is 0 Å². The number of carboxylic acid groups (broad SMARTS) is 1. The highest BCUT2D eigenvalue weighted by Gasteiger charge is 2.39. The Bertz CT molecular complexity index is 1250. The van der Waals surface area contributed by atoms with Crippen molar-refractivity contribution in [2.75, 3.05) is 0 Å². The summed E-state index contributed by atoms with van der Waals surface area (Å²) in [5.74, 6) is -1.23. The molecule has 0 saturated heterocycles. The maximum Gasteiger partial charge on any atom is 0.416 e. The molecule has 9 heteroatoms.